The number of nitrogens with one attached hydrogen (secondary N) is 1. The maximum absolute atomic E-state index is 14.9. The summed E-state index contributed by atoms with van der Waals surface area (Å²) in [5, 5.41) is 4.71. The number of methoxy groups -OCH3 is 1. The van der Waals surface area contributed by atoms with Gasteiger partial charge in [0.05, 0.1) is 22.9 Å². The molecule has 8 nitrogen and oxygen atoms in total. The molecule has 36 heavy (non-hydrogen) atoms. The summed E-state index contributed by atoms with van der Waals surface area (Å²) in [6.07, 6.45) is 6.96. The van der Waals surface area contributed by atoms with E-state index in [4.69, 9.17) is 9.47 Å². The number of imidazole rings is 1. The highest BCUT2D eigenvalue weighted by atomic mass is 35.5. The van der Waals surface area contributed by atoms with Gasteiger partial charge in [-0.1, -0.05) is 0 Å². The van der Waals surface area contributed by atoms with Gasteiger partial charge >= 0.3 is 0 Å². The summed E-state index contributed by atoms with van der Waals surface area (Å²) in [7, 11) is 5.62. The predicted octanol–water partition coefficient (Wildman–Crippen LogP) is 5.30. The number of hydrogen-bond acceptors (Lipinski definition) is 8. The number of piperidine rings is 1. The second kappa shape index (κ2) is 11.3. The summed E-state index contributed by atoms with van der Waals surface area (Å²) in [6.45, 7) is 1.96. The normalized spacial score (nSPS) is 14.4. The number of likely N-dealkylation sites (tertiary alicyclic amines) is 1. The number of aromatic nitrogens is 4. The molecule has 0 spiro atoms. The summed E-state index contributed by atoms with van der Waals surface area (Å²) in [4.78, 5) is 15.9. The Balaban J connectivity index is 0.00000304. The number of ether oxygens (including phenoxy) is 2. The van der Waals surface area contributed by atoms with Crippen LogP contribution in [0.3, 0.4) is 0 Å². The molecule has 1 N–H and O–H groups in total. The van der Waals surface area contributed by atoms with Gasteiger partial charge in [0.15, 0.2) is 5.16 Å². The minimum absolute atomic E-state index is 0. The van der Waals surface area contributed by atoms with Crippen molar-refractivity contribution >= 4 is 46.6 Å². The highest BCUT2D eigenvalue weighted by Crippen LogP contribution is 2.37. The maximum atomic E-state index is 14.9. The molecule has 190 valence electrons. The lowest BCUT2D eigenvalue weighted by molar-refractivity contribution is 0.115. The van der Waals surface area contributed by atoms with E-state index in [0.29, 0.717) is 33.4 Å². The Morgan fingerprint density at radius 2 is 1.89 bits per heavy atom. The fraction of sp³-hybridized carbons (Fsp3) is 0.320. The molecule has 0 unspecified atom stereocenters. The van der Waals surface area contributed by atoms with E-state index < -0.39 is 0 Å². The third-order valence-electron chi connectivity index (χ3n) is 6.04. The molecule has 0 atom stereocenters. The van der Waals surface area contributed by atoms with Crippen molar-refractivity contribution in [2.45, 2.75) is 29.0 Å². The lowest BCUT2D eigenvalue weighted by atomic mass is 10.1. The van der Waals surface area contributed by atoms with Crippen LogP contribution < -0.4 is 14.8 Å². The third-order valence-corrected chi connectivity index (χ3v) is 7.17. The van der Waals surface area contributed by atoms with Gasteiger partial charge in [-0.25, -0.2) is 19.3 Å². The average Bonchev–Trinajstić information content (AvgIpc) is 3.26. The van der Waals surface area contributed by atoms with Gasteiger partial charge in [-0.2, -0.15) is 0 Å². The lowest BCUT2D eigenvalue weighted by Gasteiger charge is -2.29. The van der Waals surface area contributed by atoms with E-state index in [2.05, 4.69) is 32.2 Å². The van der Waals surface area contributed by atoms with Crippen molar-refractivity contribution in [2.24, 2.45) is 7.05 Å². The molecule has 11 heteroatoms. The predicted molar refractivity (Wildman–Crippen MR) is 141 cm³/mol. The van der Waals surface area contributed by atoms with E-state index >= 15 is 0 Å². The number of benzene rings is 2. The van der Waals surface area contributed by atoms with Gasteiger partial charge in [-0.3, -0.25) is 0 Å². The molecule has 1 fully saturated rings. The summed E-state index contributed by atoms with van der Waals surface area (Å²) in [6, 6.07) is 8.72. The van der Waals surface area contributed by atoms with Gasteiger partial charge in [-0.15, -0.1) is 12.4 Å². The van der Waals surface area contributed by atoms with E-state index in [9.17, 15) is 4.39 Å². The number of nitrogens with zero attached hydrogens (tertiary/aromatic N) is 5. The first-order chi connectivity index (χ1) is 17.0. The van der Waals surface area contributed by atoms with Gasteiger partial charge < -0.3 is 24.3 Å². The number of hydrogen-bond donors (Lipinski definition) is 1. The molecule has 5 rings (SSSR count). The zero-order valence-electron chi connectivity index (χ0n) is 20.3. The molecule has 2 aromatic heterocycles. The van der Waals surface area contributed by atoms with Crippen LogP contribution in [0, 0.1) is 5.82 Å². The van der Waals surface area contributed by atoms with E-state index in [1.165, 1.54) is 24.2 Å². The quantitative estimate of drug-likeness (QED) is 0.345. The number of rotatable bonds is 7. The van der Waals surface area contributed by atoms with Crippen molar-refractivity contribution in [1.82, 2.24) is 24.4 Å². The second-order valence-corrected chi connectivity index (χ2v) is 9.56. The van der Waals surface area contributed by atoms with Crippen LogP contribution in [0.15, 0.2) is 59.1 Å². The van der Waals surface area contributed by atoms with Crippen LogP contribution >= 0.6 is 24.2 Å². The first kappa shape index (κ1) is 26.0. The molecule has 2 aromatic carbocycles. The molecular weight excluding hydrogens is 503 g/mol. The highest BCUT2D eigenvalue weighted by molar-refractivity contribution is 7.99. The smallest absolute Gasteiger partial charge is 0.172 e. The standard InChI is InChI=1S/C25H27FN6O2S.ClH/c1-31-9-6-17(7-10-31)34-21-14-18(33-3)13-20-23(21)24(29-15-28-20)30-16-4-5-22(19(26)12-16)35-25-27-8-11-32(25)2;/h4-5,8,11-15,17H,6-7,9-10H2,1-3H3,(H,28,29,30);1H. The molecule has 4 aromatic rings. The molecule has 1 saturated heterocycles. The van der Waals surface area contributed by atoms with Crippen molar-refractivity contribution in [1.29, 1.82) is 0 Å². The monoisotopic (exact) mass is 530 g/mol. The van der Waals surface area contributed by atoms with Crippen molar-refractivity contribution in [3.05, 3.63) is 54.9 Å². The Hall–Kier alpha value is -3.08. The molecule has 3 heterocycles. The summed E-state index contributed by atoms with van der Waals surface area (Å²) >= 11 is 1.28. The minimum atomic E-state index is -0.342. The van der Waals surface area contributed by atoms with Gasteiger partial charge in [0.2, 0.25) is 0 Å². The fourth-order valence-electron chi connectivity index (χ4n) is 4.06. The van der Waals surface area contributed by atoms with Crippen LogP contribution in [-0.2, 0) is 7.05 Å². The summed E-state index contributed by atoms with van der Waals surface area (Å²) in [5.74, 6) is 1.52. The first-order valence-corrected chi connectivity index (χ1v) is 12.2. The van der Waals surface area contributed by atoms with E-state index in [1.54, 1.807) is 19.4 Å². The average molecular weight is 531 g/mol. The van der Waals surface area contributed by atoms with Crippen LogP contribution in [0.1, 0.15) is 12.8 Å². The van der Waals surface area contributed by atoms with Crippen molar-refractivity contribution in [3.63, 3.8) is 0 Å². The van der Waals surface area contributed by atoms with E-state index in [0.717, 1.165) is 36.5 Å². The first-order valence-electron chi connectivity index (χ1n) is 11.4. The van der Waals surface area contributed by atoms with Gasteiger partial charge in [0.25, 0.3) is 0 Å². The molecule has 0 saturated carbocycles. The lowest BCUT2D eigenvalue weighted by Crippen LogP contribution is -2.35. The maximum Gasteiger partial charge on any atom is 0.172 e. The second-order valence-electron chi connectivity index (χ2n) is 8.56. The zero-order chi connectivity index (χ0) is 24.4. The number of aryl methyl sites for hydroxylation is 1. The van der Waals surface area contributed by atoms with Crippen LogP contribution in [-0.4, -0.2) is 57.8 Å². The van der Waals surface area contributed by atoms with E-state index in [-0.39, 0.29) is 24.3 Å². The summed E-state index contributed by atoms with van der Waals surface area (Å²) in [5.41, 5.74) is 1.26. The van der Waals surface area contributed by atoms with Gasteiger partial charge in [0.1, 0.15) is 35.6 Å². The molecule has 0 aliphatic carbocycles. The van der Waals surface area contributed by atoms with Gasteiger partial charge in [-0.05, 0) is 49.9 Å². The molecule has 0 amide bonds. The highest BCUT2D eigenvalue weighted by Gasteiger charge is 2.21. The fourth-order valence-corrected chi connectivity index (χ4v) is 4.87. The largest absolute Gasteiger partial charge is 0.497 e. The zero-order valence-corrected chi connectivity index (χ0v) is 21.9. The molecule has 0 radical (unpaired) electrons. The van der Waals surface area contributed by atoms with Crippen LogP contribution in [0.5, 0.6) is 11.5 Å². The number of anilines is 2. The Bertz CT molecular complexity index is 1350. The summed E-state index contributed by atoms with van der Waals surface area (Å²) < 4.78 is 28.7. The van der Waals surface area contributed by atoms with Crippen molar-refractivity contribution in [2.75, 3.05) is 32.6 Å². The van der Waals surface area contributed by atoms with E-state index in [1.807, 2.05) is 36.0 Å². The Morgan fingerprint density at radius 1 is 1.08 bits per heavy atom. The SMILES string of the molecule is COc1cc(OC2CCN(C)CC2)c2c(Nc3ccc(Sc4nccn4C)c(F)c3)ncnc2c1.Cl. The third kappa shape index (κ3) is 5.66. The Labute approximate surface area is 219 Å². The number of halogens is 2. The van der Waals surface area contributed by atoms with Crippen LogP contribution in [0.25, 0.3) is 10.9 Å². The molecular formula is C25H28ClFN6O2S. The Morgan fingerprint density at radius 3 is 2.58 bits per heavy atom. The van der Waals surface area contributed by atoms with Crippen molar-refractivity contribution < 1.29 is 13.9 Å². The topological polar surface area (TPSA) is 77.3 Å². The molecule has 1 aliphatic heterocycles. The van der Waals surface area contributed by atoms with Crippen molar-refractivity contribution in [3.8, 4) is 11.5 Å². The van der Waals surface area contributed by atoms with Crippen LogP contribution in [0.2, 0.25) is 0 Å². The molecule has 1 aliphatic rings. The van der Waals surface area contributed by atoms with Crippen LogP contribution in [0.4, 0.5) is 15.9 Å². The van der Waals surface area contributed by atoms with Gasteiger partial charge in [0, 0.05) is 50.4 Å². The Kier molecular flexibility index (Phi) is 8.17. The minimum Gasteiger partial charge on any atom is -0.497 e. The molecule has 0 bridgehead atoms. The number of fused-ring (bicyclic) bond motifs is 1.